The molecule has 0 aliphatic rings. The molecule has 1 heterocycles. The summed E-state index contributed by atoms with van der Waals surface area (Å²) in [5, 5.41) is 10.6. The molecular formula is C7H11N3O2. The van der Waals surface area contributed by atoms with Gasteiger partial charge in [0.25, 0.3) is 0 Å². The molecule has 0 aliphatic carbocycles. The first-order valence-corrected chi connectivity index (χ1v) is 3.17. The van der Waals surface area contributed by atoms with Gasteiger partial charge in [-0.05, 0) is 12.1 Å². The van der Waals surface area contributed by atoms with Crippen LogP contribution < -0.4 is 5.84 Å². The van der Waals surface area contributed by atoms with E-state index in [1.807, 2.05) is 0 Å². The molecule has 0 aliphatic heterocycles. The van der Waals surface area contributed by atoms with Gasteiger partial charge in [-0.15, -0.1) is 0 Å². The highest BCUT2D eigenvalue weighted by Crippen LogP contribution is 1.96. The summed E-state index contributed by atoms with van der Waals surface area (Å²) in [5.41, 5.74) is 1.27. The molecule has 66 valence electrons. The van der Waals surface area contributed by atoms with Gasteiger partial charge in [0.05, 0.1) is 0 Å². The molecule has 0 amide bonds. The highest BCUT2D eigenvalue weighted by molar-refractivity contribution is 5.94. The van der Waals surface area contributed by atoms with Gasteiger partial charge in [0.2, 0.25) is 5.71 Å². The summed E-state index contributed by atoms with van der Waals surface area (Å²) in [6.45, 7) is 1.66. The van der Waals surface area contributed by atoms with E-state index >= 15 is 0 Å². The van der Waals surface area contributed by atoms with Gasteiger partial charge in [-0.25, -0.2) is 0 Å². The Morgan fingerprint density at radius 2 is 2.00 bits per heavy atom. The average molecular weight is 169 g/mol. The zero-order valence-electron chi connectivity index (χ0n) is 6.69. The second-order valence-electron chi connectivity index (χ2n) is 2.15. The van der Waals surface area contributed by atoms with Crippen molar-refractivity contribution in [3.8, 4) is 0 Å². The van der Waals surface area contributed by atoms with Gasteiger partial charge in [-0.1, -0.05) is 4.85 Å². The van der Waals surface area contributed by atoms with E-state index in [-0.39, 0.29) is 5.48 Å². The van der Waals surface area contributed by atoms with E-state index in [1.54, 1.807) is 31.5 Å². The van der Waals surface area contributed by atoms with Crippen molar-refractivity contribution in [2.75, 3.05) is 0 Å². The Bertz CT molecular complexity index is 267. The summed E-state index contributed by atoms with van der Waals surface area (Å²) >= 11 is 0. The number of hydrogen-bond acceptors (Lipinski definition) is 3. The summed E-state index contributed by atoms with van der Waals surface area (Å²) in [6, 6.07) is 3.46. The van der Waals surface area contributed by atoms with Crippen LogP contribution in [0.3, 0.4) is 0 Å². The quantitative estimate of drug-likeness (QED) is 0.201. The number of aromatic nitrogens is 1. The number of hydrazone groups is 1. The number of rotatable bonds is 1. The summed E-state index contributed by atoms with van der Waals surface area (Å²) in [7, 11) is 0. The van der Waals surface area contributed by atoms with Gasteiger partial charge in [0.15, 0.2) is 0 Å². The van der Waals surface area contributed by atoms with E-state index < -0.39 is 0 Å². The van der Waals surface area contributed by atoms with Crippen LogP contribution in [0, 0.1) is 5.21 Å². The van der Waals surface area contributed by atoms with Crippen molar-refractivity contribution in [1.29, 1.82) is 0 Å². The van der Waals surface area contributed by atoms with E-state index in [0.29, 0.717) is 10.6 Å². The molecule has 0 saturated heterocycles. The van der Waals surface area contributed by atoms with Gasteiger partial charge >= 0.3 is 0 Å². The maximum absolute atomic E-state index is 10.6. The molecule has 0 aromatic carbocycles. The van der Waals surface area contributed by atoms with E-state index in [2.05, 4.69) is 4.98 Å². The summed E-state index contributed by atoms with van der Waals surface area (Å²) in [4.78, 5) is 4.15. The third kappa shape index (κ3) is 2.21. The molecule has 1 aromatic rings. The Kier molecular flexibility index (Phi) is 3.72. The smallest absolute Gasteiger partial charge is 0.222 e. The lowest BCUT2D eigenvalue weighted by atomic mass is 10.2. The zero-order chi connectivity index (χ0) is 8.27. The molecule has 0 unspecified atom stereocenters. The van der Waals surface area contributed by atoms with Crippen LogP contribution in [0.25, 0.3) is 0 Å². The summed E-state index contributed by atoms with van der Waals surface area (Å²) in [6.07, 6.45) is 3.23. The molecular weight excluding hydrogens is 158 g/mol. The zero-order valence-corrected chi connectivity index (χ0v) is 6.69. The molecule has 5 nitrogen and oxygen atoms in total. The van der Waals surface area contributed by atoms with Crippen LogP contribution in [0.15, 0.2) is 24.5 Å². The predicted molar refractivity (Wildman–Crippen MR) is 45.4 cm³/mol. The largest absolute Gasteiger partial charge is 0.596 e. The molecule has 0 radical (unpaired) electrons. The second-order valence-corrected chi connectivity index (χ2v) is 2.15. The third-order valence-electron chi connectivity index (χ3n) is 1.43. The van der Waals surface area contributed by atoms with Gasteiger partial charge in [0.1, 0.15) is 0 Å². The van der Waals surface area contributed by atoms with Crippen LogP contribution in [0.5, 0.6) is 0 Å². The minimum absolute atomic E-state index is 0. The maximum Gasteiger partial charge on any atom is 0.222 e. The van der Waals surface area contributed by atoms with Crippen molar-refractivity contribution in [3.05, 3.63) is 35.3 Å². The van der Waals surface area contributed by atoms with Gasteiger partial charge in [-0.3, -0.25) is 4.98 Å². The molecule has 1 aromatic heterocycles. The Hall–Kier alpha value is -1.62. The van der Waals surface area contributed by atoms with Crippen LogP contribution in [0.1, 0.15) is 12.5 Å². The Balaban J connectivity index is 0.00000121. The number of nitrogens with zero attached hydrogens (tertiary/aromatic N) is 2. The number of hydrazine groups is 1. The molecule has 0 bridgehead atoms. The Morgan fingerprint density at radius 3 is 2.42 bits per heavy atom. The predicted octanol–water partition coefficient (Wildman–Crippen LogP) is -0.550. The Labute approximate surface area is 70.0 Å². The normalized spacial score (nSPS) is 11.4. The van der Waals surface area contributed by atoms with Crippen LogP contribution in [-0.4, -0.2) is 21.0 Å². The van der Waals surface area contributed by atoms with Crippen molar-refractivity contribution in [2.45, 2.75) is 6.92 Å². The fourth-order valence-corrected chi connectivity index (χ4v) is 0.720. The minimum atomic E-state index is 0. The highest BCUT2D eigenvalue weighted by Gasteiger charge is 2.02. The van der Waals surface area contributed by atoms with E-state index in [4.69, 9.17) is 5.84 Å². The van der Waals surface area contributed by atoms with Crippen molar-refractivity contribution in [3.63, 3.8) is 0 Å². The summed E-state index contributed by atoms with van der Waals surface area (Å²) < 4.78 is 0. The monoisotopic (exact) mass is 169 g/mol. The lowest BCUT2D eigenvalue weighted by Crippen LogP contribution is -2.20. The summed E-state index contributed by atoms with van der Waals surface area (Å²) in [5.74, 6) is 4.99. The molecule has 0 saturated carbocycles. The van der Waals surface area contributed by atoms with Crippen molar-refractivity contribution >= 4 is 5.71 Å². The molecule has 1 rings (SSSR count). The molecule has 0 atom stereocenters. The van der Waals surface area contributed by atoms with E-state index in [9.17, 15) is 5.21 Å². The van der Waals surface area contributed by atoms with Crippen LogP contribution in [-0.2, 0) is 0 Å². The first-order valence-electron chi connectivity index (χ1n) is 3.17. The maximum atomic E-state index is 10.6. The van der Waals surface area contributed by atoms with Gasteiger partial charge < -0.3 is 10.7 Å². The highest BCUT2D eigenvalue weighted by atomic mass is 16.5. The number of hydrogen-bond donors (Lipinski definition) is 1. The topological polar surface area (TPSA) is 96.5 Å². The van der Waals surface area contributed by atoms with Gasteiger partial charge in [0, 0.05) is 24.9 Å². The molecule has 0 fully saturated rings. The van der Waals surface area contributed by atoms with Crippen molar-refractivity contribution in [2.24, 2.45) is 5.84 Å². The Morgan fingerprint density at radius 1 is 1.50 bits per heavy atom. The molecule has 0 spiro atoms. The lowest BCUT2D eigenvalue weighted by Gasteiger charge is -1.99. The molecule has 4 N–H and O–H groups in total. The van der Waals surface area contributed by atoms with Crippen molar-refractivity contribution < 1.29 is 10.3 Å². The first kappa shape index (κ1) is 10.4. The minimum Gasteiger partial charge on any atom is -0.596 e. The van der Waals surface area contributed by atoms with Gasteiger partial charge in [-0.2, -0.15) is 5.84 Å². The van der Waals surface area contributed by atoms with Crippen molar-refractivity contribution in [1.82, 2.24) is 4.98 Å². The fraction of sp³-hybridized carbons (Fsp3) is 0.143. The van der Waals surface area contributed by atoms with E-state index in [0.717, 1.165) is 5.56 Å². The van der Waals surface area contributed by atoms with Crippen LogP contribution >= 0.6 is 0 Å². The average Bonchev–Trinajstić information content (AvgIpc) is 2.05. The number of pyridine rings is 1. The fourth-order valence-electron chi connectivity index (χ4n) is 0.720. The lowest BCUT2D eigenvalue weighted by molar-refractivity contribution is -0.469. The number of nitrogens with two attached hydrogens (primary N) is 1. The third-order valence-corrected chi connectivity index (χ3v) is 1.43. The molecule has 12 heavy (non-hydrogen) atoms. The van der Waals surface area contributed by atoms with Crippen LogP contribution in [0.2, 0.25) is 0 Å². The van der Waals surface area contributed by atoms with Crippen LogP contribution in [0.4, 0.5) is 0 Å². The second kappa shape index (κ2) is 4.30. The SMILES string of the molecule is C/C(c1ccncc1)=[N+](\N)[O-].O. The van der Waals surface area contributed by atoms with E-state index in [1.165, 1.54) is 0 Å². The molecule has 5 heteroatoms. The first-order chi connectivity index (χ1) is 5.22. The standard InChI is InChI=1S/C7H9N3O.H2O/c1-6(10(8)11)7-2-4-9-5-3-7;/h2-5H,8H2,1H3;1H2/b10-6-;.